The highest BCUT2D eigenvalue weighted by molar-refractivity contribution is 7.99. The molecule has 4 atom stereocenters. The van der Waals surface area contributed by atoms with Gasteiger partial charge in [-0.1, -0.05) is 97.0 Å². The zero-order chi connectivity index (χ0) is 29.6. The largest absolute Gasteiger partial charge is 0.456 e. The van der Waals surface area contributed by atoms with Crippen LogP contribution in [-0.4, -0.2) is 67.2 Å². The molecular weight excluding hydrogens is 532 g/mol. The predicted octanol–water partition coefficient (Wildman–Crippen LogP) is 6.93. The highest BCUT2D eigenvalue weighted by atomic mass is 32.2. The third kappa shape index (κ3) is 18.0. The Morgan fingerprint density at radius 3 is 1.70 bits per heavy atom. The van der Waals surface area contributed by atoms with Crippen LogP contribution in [0.15, 0.2) is 12.2 Å². The summed E-state index contributed by atoms with van der Waals surface area (Å²) in [6.07, 6.45) is 15.0. The van der Waals surface area contributed by atoms with Crippen molar-refractivity contribution in [2.45, 2.75) is 142 Å². The van der Waals surface area contributed by atoms with Crippen molar-refractivity contribution in [3.05, 3.63) is 12.2 Å². The van der Waals surface area contributed by atoms with E-state index in [0.29, 0.717) is 0 Å². The second-order valence-corrected chi connectivity index (χ2v) is 11.8. The summed E-state index contributed by atoms with van der Waals surface area (Å²) in [5, 5.41) is 0. The maximum absolute atomic E-state index is 11.7. The van der Waals surface area contributed by atoms with Crippen LogP contribution in [0.3, 0.4) is 0 Å². The molecule has 0 radical (unpaired) electrons. The van der Waals surface area contributed by atoms with Gasteiger partial charge >= 0.3 is 17.9 Å². The van der Waals surface area contributed by atoms with Crippen molar-refractivity contribution >= 4 is 29.7 Å². The van der Waals surface area contributed by atoms with Gasteiger partial charge in [0.1, 0.15) is 0 Å². The first kappa shape index (κ1) is 36.4. The number of esters is 3. The predicted molar refractivity (Wildman–Crippen MR) is 159 cm³/mol. The Morgan fingerprint density at radius 1 is 0.725 bits per heavy atom. The van der Waals surface area contributed by atoms with Crippen molar-refractivity contribution in [2.75, 3.05) is 24.7 Å². The van der Waals surface area contributed by atoms with E-state index in [9.17, 15) is 14.4 Å². The van der Waals surface area contributed by atoms with Gasteiger partial charge in [0, 0.05) is 26.5 Å². The van der Waals surface area contributed by atoms with Crippen LogP contribution in [0.1, 0.15) is 118 Å². The van der Waals surface area contributed by atoms with Gasteiger partial charge in [-0.25, -0.2) is 0 Å². The molecule has 1 aliphatic heterocycles. The van der Waals surface area contributed by atoms with Crippen LogP contribution in [0.4, 0.5) is 0 Å². The molecule has 0 N–H and O–H groups in total. The summed E-state index contributed by atoms with van der Waals surface area (Å²) in [6.45, 7) is 10.2. The van der Waals surface area contributed by atoms with Gasteiger partial charge in [0.05, 0.1) is 13.2 Å². The van der Waals surface area contributed by atoms with Gasteiger partial charge in [0.15, 0.2) is 24.6 Å². The molecule has 1 heterocycles. The molecule has 0 bridgehead atoms. The average Bonchev–Trinajstić information content (AvgIpc) is 2.89. The van der Waals surface area contributed by atoms with E-state index in [4.69, 9.17) is 23.7 Å². The second kappa shape index (κ2) is 23.0. The molecule has 0 aliphatic carbocycles. The highest BCUT2D eigenvalue weighted by Gasteiger charge is 2.47. The smallest absolute Gasteiger partial charge is 0.303 e. The molecule has 40 heavy (non-hydrogen) atoms. The highest BCUT2D eigenvalue weighted by Crippen LogP contribution is 2.26. The van der Waals surface area contributed by atoms with Gasteiger partial charge in [-0.05, 0) is 17.7 Å². The van der Waals surface area contributed by atoms with E-state index < -0.39 is 42.5 Å². The summed E-state index contributed by atoms with van der Waals surface area (Å²) < 4.78 is 27.5. The summed E-state index contributed by atoms with van der Waals surface area (Å²) in [5.74, 6) is 0.0870. The van der Waals surface area contributed by atoms with E-state index >= 15 is 0 Å². The lowest BCUT2D eigenvalue weighted by molar-refractivity contribution is -0.278. The van der Waals surface area contributed by atoms with Gasteiger partial charge in [0.25, 0.3) is 0 Å². The molecule has 1 rings (SSSR count). The van der Waals surface area contributed by atoms with Crippen molar-refractivity contribution in [1.82, 2.24) is 0 Å². The van der Waals surface area contributed by atoms with Crippen molar-refractivity contribution in [3.8, 4) is 0 Å². The molecule has 1 aliphatic rings. The normalized spacial score (nSPS) is 20.6. The van der Waals surface area contributed by atoms with Crippen molar-refractivity contribution in [2.24, 2.45) is 0 Å². The fraction of sp³-hybridized carbons (Fsp3) is 0.839. The molecule has 0 aromatic rings. The van der Waals surface area contributed by atoms with E-state index in [2.05, 4.69) is 13.5 Å². The van der Waals surface area contributed by atoms with Gasteiger partial charge in [-0.15, -0.1) is 0 Å². The number of carbonyl (C=O) groups is 3. The zero-order valence-corrected chi connectivity index (χ0v) is 26.2. The summed E-state index contributed by atoms with van der Waals surface area (Å²) >= 11 is 1.83. The Hall–Kier alpha value is -1.58. The molecule has 0 unspecified atom stereocenters. The molecule has 0 aromatic carbocycles. The van der Waals surface area contributed by atoms with Gasteiger partial charge in [-0.2, -0.15) is 11.8 Å². The number of unbranched alkanes of at least 4 members (excludes halogenated alkanes) is 13. The van der Waals surface area contributed by atoms with Crippen LogP contribution in [0.25, 0.3) is 0 Å². The molecule has 0 amide bonds. The summed E-state index contributed by atoms with van der Waals surface area (Å²) in [5.41, 5.74) is 0.881. The van der Waals surface area contributed by atoms with Crippen LogP contribution in [0.5, 0.6) is 0 Å². The van der Waals surface area contributed by atoms with E-state index in [1.807, 2.05) is 11.8 Å². The first-order valence-corrected chi connectivity index (χ1v) is 16.4. The van der Waals surface area contributed by atoms with E-state index in [-0.39, 0.29) is 13.2 Å². The van der Waals surface area contributed by atoms with Gasteiger partial charge < -0.3 is 23.7 Å². The fourth-order valence-electron chi connectivity index (χ4n) is 4.71. The maximum atomic E-state index is 11.7. The molecule has 9 heteroatoms. The number of hydrogen-bond acceptors (Lipinski definition) is 9. The molecule has 1 fully saturated rings. The number of ether oxygens (including phenoxy) is 5. The topological polar surface area (TPSA) is 97.4 Å². The maximum Gasteiger partial charge on any atom is 0.303 e. The molecular formula is C31H54O8S. The molecule has 1 saturated heterocycles. The molecule has 0 saturated carbocycles. The minimum atomic E-state index is -1.07. The van der Waals surface area contributed by atoms with Crippen LogP contribution in [0.2, 0.25) is 0 Å². The third-order valence-corrected chi connectivity index (χ3v) is 7.89. The van der Waals surface area contributed by atoms with E-state index in [1.54, 1.807) is 0 Å². The average molecular weight is 587 g/mol. The van der Waals surface area contributed by atoms with Crippen LogP contribution < -0.4 is 0 Å². The Morgan fingerprint density at radius 2 is 1.20 bits per heavy atom. The lowest BCUT2D eigenvalue weighted by atomic mass is 10.0. The molecule has 0 spiro atoms. The monoisotopic (exact) mass is 586 g/mol. The van der Waals surface area contributed by atoms with Crippen LogP contribution >= 0.6 is 11.8 Å². The summed E-state index contributed by atoms with van der Waals surface area (Å²) in [4.78, 5) is 34.9. The number of carbonyl (C=O) groups excluding carboxylic acids is 3. The minimum absolute atomic E-state index is 0.0552. The molecule has 232 valence electrons. The minimum Gasteiger partial charge on any atom is -0.456 e. The van der Waals surface area contributed by atoms with Crippen molar-refractivity contribution in [3.63, 3.8) is 0 Å². The Labute approximate surface area is 246 Å². The fourth-order valence-corrected chi connectivity index (χ4v) is 5.63. The van der Waals surface area contributed by atoms with Crippen LogP contribution in [0, 0.1) is 0 Å². The third-order valence-electron chi connectivity index (χ3n) is 6.70. The first-order valence-electron chi connectivity index (χ1n) is 15.2. The van der Waals surface area contributed by atoms with Gasteiger partial charge in [-0.3, -0.25) is 14.4 Å². The number of hydrogen-bond donors (Lipinski definition) is 0. The van der Waals surface area contributed by atoms with Gasteiger partial charge in [0.2, 0.25) is 0 Å². The summed E-state index contributed by atoms with van der Waals surface area (Å²) in [7, 11) is 0. The number of thioether (sulfide) groups is 1. The summed E-state index contributed by atoms with van der Waals surface area (Å²) in [6, 6.07) is 0. The van der Waals surface area contributed by atoms with E-state index in [0.717, 1.165) is 17.1 Å². The van der Waals surface area contributed by atoms with Crippen LogP contribution in [-0.2, 0) is 38.1 Å². The quantitative estimate of drug-likeness (QED) is 0.0546. The lowest BCUT2D eigenvalue weighted by Gasteiger charge is -2.40. The number of rotatable bonds is 23. The molecule has 8 nitrogen and oxygen atoms in total. The second-order valence-electron chi connectivity index (χ2n) is 10.7. The van der Waals surface area contributed by atoms with Crippen molar-refractivity contribution < 1.29 is 38.1 Å². The zero-order valence-electron chi connectivity index (χ0n) is 25.4. The lowest BCUT2D eigenvalue weighted by Crippen LogP contribution is -2.58. The Bertz CT molecular complexity index is 728. The first-order chi connectivity index (χ1) is 19.2. The Kier molecular flexibility index (Phi) is 21.0. The molecule has 0 aromatic heterocycles. The van der Waals surface area contributed by atoms with E-state index in [1.165, 1.54) is 111 Å². The Balaban J connectivity index is 2.20. The van der Waals surface area contributed by atoms with Crippen molar-refractivity contribution in [1.29, 1.82) is 0 Å². The SMILES string of the molecule is C=C(CO[C@H]1OC[C@@H](OC(C)=O)[C@H](OC(C)=O)[C@H]1OC(C)=O)CSCCCCCCCCCCCCCCCC. The standard InChI is InChI=1S/C31H54O8S/c1-6-7-8-9-10-11-12-13-14-15-16-17-18-19-20-40-23-24(2)21-35-31-30(39-27(5)34)29(38-26(4)33)28(22-36-31)37-25(3)32/h28-31H,2,6-23H2,1,3-5H3/t28-,29+,30-,31+/m1/s1.